The second kappa shape index (κ2) is 7.30. The predicted molar refractivity (Wildman–Crippen MR) is 76.0 cm³/mol. The van der Waals surface area contributed by atoms with E-state index in [4.69, 9.17) is 4.74 Å². The van der Waals surface area contributed by atoms with Gasteiger partial charge in [-0.2, -0.15) is 5.26 Å². The highest BCUT2D eigenvalue weighted by atomic mass is 32.2. The van der Waals surface area contributed by atoms with Crippen LogP contribution in [-0.4, -0.2) is 24.9 Å². The van der Waals surface area contributed by atoms with Crippen LogP contribution in [0.4, 0.5) is 0 Å². The molecule has 1 aromatic carbocycles. The van der Waals surface area contributed by atoms with E-state index in [0.29, 0.717) is 5.75 Å². The van der Waals surface area contributed by atoms with Gasteiger partial charge in [0.2, 0.25) is 0 Å². The molecule has 0 radical (unpaired) electrons. The summed E-state index contributed by atoms with van der Waals surface area (Å²) in [5, 5.41) is 12.5. The Labute approximate surface area is 114 Å². The monoisotopic (exact) mass is 264 g/mol. The highest BCUT2D eigenvalue weighted by Gasteiger charge is 2.23. The van der Waals surface area contributed by atoms with E-state index in [1.807, 2.05) is 31.2 Å². The van der Waals surface area contributed by atoms with Crippen LogP contribution in [0.5, 0.6) is 5.75 Å². The van der Waals surface area contributed by atoms with Crippen LogP contribution in [0, 0.1) is 11.3 Å². The van der Waals surface area contributed by atoms with Crippen molar-refractivity contribution >= 4 is 11.8 Å². The molecule has 0 amide bonds. The number of rotatable bonds is 7. The van der Waals surface area contributed by atoms with E-state index in [2.05, 4.69) is 18.3 Å². The van der Waals surface area contributed by atoms with Crippen molar-refractivity contribution in [2.75, 3.05) is 19.4 Å². The van der Waals surface area contributed by atoms with Crippen LogP contribution in [-0.2, 0) is 0 Å². The van der Waals surface area contributed by atoms with Gasteiger partial charge in [0.25, 0.3) is 0 Å². The number of nitrogens with one attached hydrogen (secondary N) is 1. The fourth-order valence-corrected chi connectivity index (χ4v) is 2.56. The van der Waals surface area contributed by atoms with Crippen LogP contribution in [0.15, 0.2) is 29.2 Å². The van der Waals surface area contributed by atoms with E-state index in [1.165, 1.54) is 0 Å². The molecule has 18 heavy (non-hydrogen) atoms. The highest BCUT2D eigenvalue weighted by molar-refractivity contribution is 7.99. The molecule has 1 N–H and O–H groups in total. The fraction of sp³-hybridized carbons (Fsp3) is 0.500. The summed E-state index contributed by atoms with van der Waals surface area (Å²) in [6, 6.07) is 10.2. The second-order valence-electron chi connectivity index (χ2n) is 4.31. The maximum atomic E-state index is 9.26. The number of methoxy groups -OCH3 is 1. The molecule has 0 aliphatic heterocycles. The number of ether oxygens (including phenoxy) is 1. The molecule has 98 valence electrons. The van der Waals surface area contributed by atoms with Gasteiger partial charge in [-0.05, 0) is 32.0 Å². The van der Waals surface area contributed by atoms with Crippen molar-refractivity contribution < 1.29 is 4.74 Å². The Morgan fingerprint density at radius 2 is 2.17 bits per heavy atom. The van der Waals surface area contributed by atoms with E-state index >= 15 is 0 Å². The summed E-state index contributed by atoms with van der Waals surface area (Å²) in [6.45, 7) is 4.89. The van der Waals surface area contributed by atoms with Gasteiger partial charge in [-0.1, -0.05) is 19.1 Å². The topological polar surface area (TPSA) is 45.0 Å². The van der Waals surface area contributed by atoms with Crippen LogP contribution in [0.2, 0.25) is 0 Å². The van der Waals surface area contributed by atoms with E-state index in [9.17, 15) is 5.26 Å². The molecule has 3 nitrogen and oxygen atoms in total. The summed E-state index contributed by atoms with van der Waals surface area (Å²) < 4.78 is 5.30. The molecule has 0 aliphatic rings. The van der Waals surface area contributed by atoms with Gasteiger partial charge < -0.3 is 4.74 Å². The molecule has 1 atom stereocenters. The van der Waals surface area contributed by atoms with Crippen LogP contribution in [0.3, 0.4) is 0 Å². The van der Waals surface area contributed by atoms with E-state index in [-0.39, 0.29) is 0 Å². The lowest BCUT2D eigenvalue weighted by atomic mass is 10.1. The molecular formula is C14H20N2OS. The zero-order valence-electron chi connectivity index (χ0n) is 11.2. The van der Waals surface area contributed by atoms with Gasteiger partial charge in [0, 0.05) is 10.6 Å². The SMILES string of the molecule is CCCNC(C)(C#N)CSc1ccccc1OC. The molecule has 1 rings (SSSR count). The van der Waals surface area contributed by atoms with Gasteiger partial charge in [0.05, 0.1) is 13.2 Å². The number of nitrogens with zero attached hydrogens (tertiary/aromatic N) is 1. The molecule has 0 saturated carbocycles. The number of hydrogen-bond acceptors (Lipinski definition) is 4. The molecule has 1 aromatic rings. The van der Waals surface area contributed by atoms with E-state index < -0.39 is 5.54 Å². The van der Waals surface area contributed by atoms with E-state index in [0.717, 1.165) is 23.6 Å². The number of hydrogen-bond donors (Lipinski definition) is 1. The minimum Gasteiger partial charge on any atom is -0.496 e. The van der Waals surface area contributed by atoms with Gasteiger partial charge >= 0.3 is 0 Å². The van der Waals surface area contributed by atoms with Gasteiger partial charge in [0.15, 0.2) is 0 Å². The minimum absolute atomic E-state index is 0.498. The Morgan fingerprint density at radius 3 is 2.78 bits per heavy atom. The summed E-state index contributed by atoms with van der Waals surface area (Å²) in [4.78, 5) is 1.07. The lowest BCUT2D eigenvalue weighted by molar-refractivity contribution is 0.404. The predicted octanol–water partition coefficient (Wildman–Crippen LogP) is 3.07. The van der Waals surface area contributed by atoms with Crippen molar-refractivity contribution in [1.29, 1.82) is 5.26 Å². The van der Waals surface area contributed by atoms with Gasteiger partial charge in [-0.25, -0.2) is 0 Å². The van der Waals surface area contributed by atoms with Crippen molar-refractivity contribution in [2.45, 2.75) is 30.7 Å². The quantitative estimate of drug-likeness (QED) is 0.769. The van der Waals surface area contributed by atoms with Crippen molar-refractivity contribution in [3.8, 4) is 11.8 Å². The number of nitriles is 1. The Kier molecular flexibility index (Phi) is 6.03. The maximum absolute atomic E-state index is 9.26. The zero-order valence-corrected chi connectivity index (χ0v) is 12.0. The van der Waals surface area contributed by atoms with Crippen LogP contribution >= 0.6 is 11.8 Å². The molecule has 0 bridgehead atoms. The Balaban J connectivity index is 2.65. The Bertz CT molecular complexity index is 417. The molecular weight excluding hydrogens is 244 g/mol. The number of para-hydroxylation sites is 1. The third-order valence-electron chi connectivity index (χ3n) is 2.60. The summed E-state index contributed by atoms with van der Waals surface area (Å²) >= 11 is 1.64. The third-order valence-corrected chi connectivity index (χ3v) is 3.97. The lowest BCUT2D eigenvalue weighted by Crippen LogP contribution is -2.43. The zero-order chi connectivity index (χ0) is 13.4. The molecule has 1 unspecified atom stereocenters. The smallest absolute Gasteiger partial charge is 0.132 e. The number of thioether (sulfide) groups is 1. The molecule has 0 heterocycles. The lowest BCUT2D eigenvalue weighted by Gasteiger charge is -2.22. The number of benzene rings is 1. The van der Waals surface area contributed by atoms with Crippen molar-refractivity contribution in [2.24, 2.45) is 0 Å². The highest BCUT2D eigenvalue weighted by Crippen LogP contribution is 2.30. The first-order valence-corrected chi connectivity index (χ1v) is 7.06. The van der Waals surface area contributed by atoms with Crippen LogP contribution < -0.4 is 10.1 Å². The van der Waals surface area contributed by atoms with Gasteiger partial charge in [-0.3, -0.25) is 5.32 Å². The first kappa shape index (κ1) is 14.9. The second-order valence-corrected chi connectivity index (χ2v) is 5.33. The van der Waals surface area contributed by atoms with Gasteiger partial charge in [-0.15, -0.1) is 11.8 Å². The Hall–Kier alpha value is -1.18. The van der Waals surface area contributed by atoms with Crippen molar-refractivity contribution in [3.05, 3.63) is 24.3 Å². The molecule has 0 aromatic heterocycles. The standard InChI is InChI=1S/C14H20N2OS/c1-4-9-16-14(2,10-15)11-18-13-8-6-5-7-12(13)17-3/h5-8,16H,4,9,11H2,1-3H3. The molecule has 0 aliphatic carbocycles. The van der Waals surface area contributed by atoms with Crippen LogP contribution in [0.1, 0.15) is 20.3 Å². The first-order valence-electron chi connectivity index (χ1n) is 6.07. The fourth-order valence-electron chi connectivity index (χ4n) is 1.48. The van der Waals surface area contributed by atoms with Crippen LogP contribution in [0.25, 0.3) is 0 Å². The minimum atomic E-state index is -0.498. The summed E-state index contributed by atoms with van der Waals surface area (Å²) in [6.07, 6.45) is 1.02. The Morgan fingerprint density at radius 1 is 1.44 bits per heavy atom. The average Bonchev–Trinajstić information content (AvgIpc) is 2.43. The molecule has 4 heteroatoms. The molecule has 0 fully saturated rings. The molecule has 0 saturated heterocycles. The van der Waals surface area contributed by atoms with Crippen molar-refractivity contribution in [3.63, 3.8) is 0 Å². The van der Waals surface area contributed by atoms with E-state index in [1.54, 1.807) is 18.9 Å². The largest absolute Gasteiger partial charge is 0.496 e. The first-order chi connectivity index (χ1) is 8.65. The average molecular weight is 264 g/mol. The van der Waals surface area contributed by atoms with Gasteiger partial charge in [0.1, 0.15) is 11.3 Å². The maximum Gasteiger partial charge on any atom is 0.132 e. The summed E-state index contributed by atoms with van der Waals surface area (Å²) in [7, 11) is 1.66. The normalized spacial score (nSPS) is 13.7. The third kappa shape index (κ3) is 4.25. The summed E-state index contributed by atoms with van der Waals surface area (Å²) in [5.74, 6) is 1.56. The van der Waals surface area contributed by atoms with Crippen molar-refractivity contribution in [1.82, 2.24) is 5.32 Å². The summed E-state index contributed by atoms with van der Waals surface area (Å²) in [5.41, 5.74) is -0.498. The molecule has 0 spiro atoms.